The second-order valence-corrected chi connectivity index (χ2v) is 20.6. The molecule has 4 heterocycles. The van der Waals surface area contributed by atoms with Gasteiger partial charge in [0, 0.05) is 46.2 Å². The van der Waals surface area contributed by atoms with Gasteiger partial charge in [-0.1, -0.05) is 62.6 Å². The molecule has 4 aliphatic rings. The van der Waals surface area contributed by atoms with Crippen LogP contribution in [0.1, 0.15) is 101 Å². The van der Waals surface area contributed by atoms with Crippen LogP contribution in [0.15, 0.2) is 60.0 Å². The van der Waals surface area contributed by atoms with Gasteiger partial charge in [-0.15, -0.1) is 11.3 Å². The van der Waals surface area contributed by atoms with E-state index in [1.807, 2.05) is 60.8 Å². The molecule has 0 bridgehead atoms. The molecule has 60 heavy (non-hydrogen) atoms. The number of hydrogen-bond acceptors (Lipinski definition) is 10. The van der Waals surface area contributed by atoms with Crippen molar-refractivity contribution in [1.82, 2.24) is 19.6 Å². The Morgan fingerprint density at radius 2 is 1.88 bits per heavy atom. The van der Waals surface area contributed by atoms with Crippen molar-refractivity contribution in [3.05, 3.63) is 81.8 Å². The highest BCUT2D eigenvalue weighted by Gasteiger charge is 2.61. The SMILES string of the molecule is COc1ccc2c(O[C@@H]3C[C@H]4C(=O)C[C@]5(C(=O)NS(=O)(=O)C6CC6)C[C@H]5/C=C\CCCCC[C@H](Cc5cccc(Cl)c5)C(=O)N4C3)cc(-c3nc(C(C)C)cs3)nc2c1C. The minimum atomic E-state index is -3.84. The number of fused-ring (bicyclic) bond motifs is 3. The van der Waals surface area contributed by atoms with Gasteiger partial charge in [0.1, 0.15) is 28.3 Å². The molecular formula is C46H53ClN4O7S2. The van der Waals surface area contributed by atoms with E-state index >= 15 is 0 Å². The zero-order valence-electron chi connectivity index (χ0n) is 34.6. The van der Waals surface area contributed by atoms with E-state index in [4.69, 9.17) is 31.0 Å². The normalized spacial score (nSPS) is 25.6. The van der Waals surface area contributed by atoms with Gasteiger partial charge in [0.2, 0.25) is 21.8 Å². The van der Waals surface area contributed by atoms with Gasteiger partial charge < -0.3 is 14.4 Å². The molecule has 0 spiro atoms. The molecule has 0 radical (unpaired) electrons. The number of carbonyl (C=O) groups excluding carboxylic acids is 3. The van der Waals surface area contributed by atoms with Gasteiger partial charge in [-0.2, -0.15) is 0 Å². The van der Waals surface area contributed by atoms with Crippen LogP contribution in [-0.4, -0.2) is 71.9 Å². The third-order valence-electron chi connectivity index (χ3n) is 12.7. The Morgan fingerprint density at radius 1 is 1.07 bits per heavy atom. The number of benzene rings is 2. The van der Waals surface area contributed by atoms with Gasteiger partial charge in [0.15, 0.2) is 5.78 Å². The number of aryl methyl sites for hydroxylation is 1. The van der Waals surface area contributed by atoms with E-state index in [9.17, 15) is 22.8 Å². The predicted octanol–water partition coefficient (Wildman–Crippen LogP) is 8.75. The maximum Gasteiger partial charge on any atom is 0.240 e. The van der Waals surface area contributed by atoms with Gasteiger partial charge in [-0.25, -0.2) is 18.4 Å². The highest BCUT2D eigenvalue weighted by molar-refractivity contribution is 7.90. The molecule has 2 aliphatic heterocycles. The Morgan fingerprint density at radius 3 is 2.62 bits per heavy atom. The van der Waals surface area contributed by atoms with Gasteiger partial charge in [0.05, 0.1) is 41.6 Å². The molecule has 318 valence electrons. The number of nitrogens with zero attached hydrogens (tertiary/aromatic N) is 3. The van der Waals surface area contributed by atoms with Crippen LogP contribution in [0, 0.1) is 24.2 Å². The summed E-state index contributed by atoms with van der Waals surface area (Å²) in [4.78, 5) is 55.4. The average molecular weight is 874 g/mol. The smallest absolute Gasteiger partial charge is 0.240 e. The van der Waals surface area contributed by atoms with Crippen LogP contribution in [0.25, 0.3) is 21.6 Å². The number of ether oxygens (including phenoxy) is 2. The molecule has 4 aromatic rings. The number of halogens is 1. The van der Waals surface area contributed by atoms with Crippen LogP contribution in [0.5, 0.6) is 11.5 Å². The third kappa shape index (κ3) is 8.85. The van der Waals surface area contributed by atoms with E-state index in [0.29, 0.717) is 59.8 Å². The fourth-order valence-electron chi connectivity index (χ4n) is 8.93. The standard InChI is InChI=1S/C46H53ClN4O7S2/c1-27(2)37-26-59-43(49-37)36-22-41(35-17-18-40(57-4)28(3)42(35)48-36)58-33-21-38-39(52)24-46(45(54)50-60(55,56)34-15-16-34)23-31(46)13-9-7-5-6-8-12-30(44(53)51(38)25-33)19-29-11-10-14-32(47)20-29/h9-11,13-14,17-18,20,22,26-27,30-31,33-34,38H,5-8,12,15-16,19,21,23-25H2,1-4H3,(H,50,54)/b13-9-/t30-,31-,33-,38+,46-/m1/s1. The lowest BCUT2D eigenvalue weighted by atomic mass is 9.90. The average Bonchev–Trinajstić information content (AvgIpc) is 4.09. The molecule has 14 heteroatoms. The number of carbonyl (C=O) groups is 3. The van der Waals surface area contributed by atoms with Crippen molar-refractivity contribution >= 4 is 61.5 Å². The van der Waals surface area contributed by atoms with E-state index < -0.39 is 44.7 Å². The predicted molar refractivity (Wildman–Crippen MR) is 234 cm³/mol. The van der Waals surface area contributed by atoms with E-state index in [-0.39, 0.29) is 42.9 Å². The third-order valence-corrected chi connectivity index (χ3v) is 15.6. The van der Waals surface area contributed by atoms with Crippen molar-refractivity contribution < 1.29 is 32.3 Å². The molecule has 0 unspecified atom stereocenters. The summed E-state index contributed by atoms with van der Waals surface area (Å²) >= 11 is 7.91. The van der Waals surface area contributed by atoms with Crippen molar-refractivity contribution in [3.8, 4) is 22.2 Å². The van der Waals surface area contributed by atoms with E-state index in [2.05, 4.69) is 24.6 Å². The Kier molecular flexibility index (Phi) is 12.1. The van der Waals surface area contributed by atoms with Crippen molar-refractivity contribution in [2.75, 3.05) is 13.7 Å². The Hall–Kier alpha value is -4.33. The van der Waals surface area contributed by atoms with Crippen LogP contribution in [0.4, 0.5) is 0 Å². The van der Waals surface area contributed by atoms with Gasteiger partial charge >= 0.3 is 0 Å². The number of thiazole rings is 1. The lowest BCUT2D eigenvalue weighted by Gasteiger charge is -2.29. The maximum atomic E-state index is 15.0. The van der Waals surface area contributed by atoms with Crippen LogP contribution < -0.4 is 14.2 Å². The number of hydrogen-bond donors (Lipinski definition) is 1. The quantitative estimate of drug-likeness (QED) is 0.155. The second-order valence-electron chi connectivity index (χ2n) is 17.4. The molecule has 2 aliphatic carbocycles. The molecule has 1 N–H and O–H groups in total. The van der Waals surface area contributed by atoms with Crippen molar-refractivity contribution in [1.29, 1.82) is 0 Å². The first-order chi connectivity index (χ1) is 28.8. The highest BCUT2D eigenvalue weighted by Crippen LogP contribution is 2.57. The zero-order chi connectivity index (χ0) is 42.3. The number of rotatable bonds is 10. The molecule has 2 aromatic heterocycles. The molecule has 8 rings (SSSR count). The summed E-state index contributed by atoms with van der Waals surface area (Å²) in [6, 6.07) is 12.3. The Bertz CT molecular complexity index is 2450. The van der Waals surface area contributed by atoms with Crippen molar-refractivity contribution in [2.45, 2.75) is 115 Å². The van der Waals surface area contributed by atoms with Gasteiger partial charge in [-0.05, 0) is 93.5 Å². The van der Waals surface area contributed by atoms with E-state index in [1.165, 1.54) is 11.3 Å². The van der Waals surface area contributed by atoms with Crippen LogP contribution in [0.3, 0.4) is 0 Å². The zero-order valence-corrected chi connectivity index (χ0v) is 37.0. The number of allylic oxidation sites excluding steroid dienone is 2. The van der Waals surface area contributed by atoms with Crippen LogP contribution >= 0.6 is 22.9 Å². The number of ketones is 1. The summed E-state index contributed by atoms with van der Waals surface area (Å²) in [6.45, 7) is 6.30. The molecule has 5 atom stereocenters. The largest absolute Gasteiger partial charge is 0.496 e. The molecule has 2 aromatic carbocycles. The minimum absolute atomic E-state index is 0.139. The van der Waals surface area contributed by atoms with Crippen molar-refractivity contribution in [2.24, 2.45) is 17.3 Å². The first-order valence-electron chi connectivity index (χ1n) is 21.2. The van der Waals surface area contributed by atoms with E-state index in [1.54, 1.807) is 12.0 Å². The number of amides is 2. The Balaban J connectivity index is 1.15. The fraction of sp³-hybridized carbons (Fsp3) is 0.500. The topological polar surface area (TPSA) is 145 Å². The van der Waals surface area contributed by atoms with Crippen LogP contribution in [0.2, 0.25) is 5.02 Å². The maximum absolute atomic E-state index is 15.0. The molecule has 1 saturated heterocycles. The van der Waals surface area contributed by atoms with Gasteiger partial charge in [-0.3, -0.25) is 19.1 Å². The molecule has 2 amide bonds. The first kappa shape index (κ1) is 42.4. The first-order valence-corrected chi connectivity index (χ1v) is 24.0. The summed E-state index contributed by atoms with van der Waals surface area (Å²) in [7, 11) is -2.22. The minimum Gasteiger partial charge on any atom is -0.496 e. The number of sulfonamides is 1. The molecule has 3 fully saturated rings. The Labute approximate surface area is 361 Å². The summed E-state index contributed by atoms with van der Waals surface area (Å²) in [5, 5.41) is 3.56. The summed E-state index contributed by atoms with van der Waals surface area (Å²) in [5.74, 6) is -0.263. The summed E-state index contributed by atoms with van der Waals surface area (Å²) in [5.41, 5.74) is 2.89. The lowest BCUT2D eigenvalue weighted by Crippen LogP contribution is -2.46. The van der Waals surface area contributed by atoms with E-state index in [0.717, 1.165) is 52.9 Å². The van der Waals surface area contributed by atoms with Gasteiger partial charge in [0.25, 0.3) is 0 Å². The fourth-order valence-corrected chi connectivity index (χ4v) is 11.5. The summed E-state index contributed by atoms with van der Waals surface area (Å²) in [6.07, 6.45) is 9.41. The van der Waals surface area contributed by atoms with Crippen molar-refractivity contribution in [3.63, 3.8) is 0 Å². The number of aromatic nitrogens is 2. The molecular weight excluding hydrogens is 820 g/mol. The molecule has 2 saturated carbocycles. The number of methoxy groups -OCH3 is 1. The van der Waals surface area contributed by atoms with Crippen LogP contribution in [-0.2, 0) is 30.8 Å². The highest BCUT2D eigenvalue weighted by atomic mass is 35.5. The number of pyridine rings is 1. The second kappa shape index (κ2) is 17.2. The monoisotopic (exact) mass is 872 g/mol. The number of nitrogens with one attached hydrogen (secondary N) is 1. The number of Topliss-reactive ketones (excluding diaryl/α,β-unsaturated/α-hetero) is 1. The molecule has 11 nitrogen and oxygen atoms in total. The lowest BCUT2D eigenvalue weighted by molar-refractivity contribution is -0.142. The summed E-state index contributed by atoms with van der Waals surface area (Å²) < 4.78 is 40.9.